The van der Waals surface area contributed by atoms with E-state index in [4.69, 9.17) is 13.9 Å². The Balaban J connectivity index is 1.37. The van der Waals surface area contributed by atoms with Gasteiger partial charge in [-0.1, -0.05) is 18.2 Å². The molecule has 0 unspecified atom stereocenters. The number of guanidine groups is 1. The molecule has 8 nitrogen and oxygen atoms in total. The molecule has 0 saturated heterocycles. The Morgan fingerprint density at radius 3 is 2.74 bits per heavy atom. The van der Waals surface area contributed by atoms with Crippen molar-refractivity contribution in [2.75, 3.05) is 18.7 Å². The highest BCUT2D eigenvalue weighted by Gasteiger charge is 2.13. The Morgan fingerprint density at radius 1 is 1.00 bits per heavy atom. The molecule has 1 amide bonds. The molecule has 160 valence electrons. The minimum atomic E-state index is -0.288. The summed E-state index contributed by atoms with van der Waals surface area (Å²) < 4.78 is 15.9. The van der Waals surface area contributed by atoms with Gasteiger partial charge in [-0.15, -0.1) is 0 Å². The van der Waals surface area contributed by atoms with Crippen LogP contribution in [0.1, 0.15) is 28.6 Å². The van der Waals surface area contributed by atoms with Gasteiger partial charge in [0.2, 0.25) is 6.79 Å². The van der Waals surface area contributed by atoms with Crippen LogP contribution in [0.4, 0.5) is 5.69 Å². The van der Waals surface area contributed by atoms with Gasteiger partial charge in [0.05, 0.1) is 12.8 Å². The molecule has 2 aromatic carbocycles. The summed E-state index contributed by atoms with van der Waals surface area (Å²) in [4.78, 5) is 16.8. The largest absolute Gasteiger partial charge is 0.459 e. The van der Waals surface area contributed by atoms with E-state index in [9.17, 15) is 4.79 Å². The van der Waals surface area contributed by atoms with Crippen molar-refractivity contribution in [3.8, 4) is 11.5 Å². The van der Waals surface area contributed by atoms with Crippen LogP contribution in [0.5, 0.6) is 11.5 Å². The molecule has 0 bridgehead atoms. The first-order valence-electron chi connectivity index (χ1n) is 10.1. The lowest BCUT2D eigenvalue weighted by atomic mass is 10.2. The van der Waals surface area contributed by atoms with Gasteiger partial charge in [-0.25, -0.2) is 4.99 Å². The minimum absolute atomic E-state index is 0.261. The van der Waals surface area contributed by atoms with Crippen molar-refractivity contribution in [2.45, 2.75) is 20.0 Å². The van der Waals surface area contributed by atoms with Gasteiger partial charge in [0.15, 0.2) is 23.2 Å². The van der Waals surface area contributed by atoms with Crippen LogP contribution in [0.25, 0.3) is 0 Å². The average molecular weight is 420 g/mol. The number of ether oxygens (including phenoxy) is 2. The highest BCUT2D eigenvalue weighted by atomic mass is 16.7. The van der Waals surface area contributed by atoms with Gasteiger partial charge in [0, 0.05) is 18.8 Å². The first kappa shape index (κ1) is 20.3. The van der Waals surface area contributed by atoms with Gasteiger partial charge in [0.25, 0.3) is 5.91 Å². The number of benzene rings is 2. The molecule has 3 N–H and O–H groups in total. The lowest BCUT2D eigenvalue weighted by Gasteiger charge is -2.12. The van der Waals surface area contributed by atoms with Crippen LogP contribution in [0.3, 0.4) is 0 Å². The van der Waals surface area contributed by atoms with Crippen LogP contribution in [0.15, 0.2) is 70.3 Å². The fraction of sp³-hybridized carbons (Fsp3) is 0.217. The fourth-order valence-corrected chi connectivity index (χ4v) is 3.10. The Morgan fingerprint density at radius 2 is 1.90 bits per heavy atom. The van der Waals surface area contributed by atoms with Crippen LogP contribution in [-0.2, 0) is 13.1 Å². The number of hydrogen-bond donors (Lipinski definition) is 3. The van der Waals surface area contributed by atoms with E-state index in [-0.39, 0.29) is 18.5 Å². The van der Waals surface area contributed by atoms with E-state index in [1.165, 1.54) is 6.26 Å². The fourth-order valence-electron chi connectivity index (χ4n) is 3.10. The van der Waals surface area contributed by atoms with Crippen LogP contribution < -0.4 is 25.4 Å². The number of hydrogen-bond acceptors (Lipinski definition) is 5. The number of nitrogens with one attached hydrogen (secondary N) is 3. The summed E-state index contributed by atoms with van der Waals surface area (Å²) in [7, 11) is 0. The third-order valence-electron chi connectivity index (χ3n) is 4.59. The quantitative estimate of drug-likeness (QED) is 0.400. The zero-order valence-electron chi connectivity index (χ0n) is 17.2. The van der Waals surface area contributed by atoms with E-state index in [2.05, 4.69) is 20.9 Å². The van der Waals surface area contributed by atoms with Crippen molar-refractivity contribution < 1.29 is 18.7 Å². The first-order chi connectivity index (χ1) is 15.2. The molecule has 0 saturated carbocycles. The molecule has 0 aliphatic carbocycles. The van der Waals surface area contributed by atoms with E-state index in [1.54, 1.807) is 12.1 Å². The molecule has 31 heavy (non-hydrogen) atoms. The molecular weight excluding hydrogens is 396 g/mol. The van der Waals surface area contributed by atoms with Crippen molar-refractivity contribution in [1.82, 2.24) is 10.6 Å². The highest BCUT2D eigenvalue weighted by Crippen LogP contribution is 2.32. The van der Waals surface area contributed by atoms with E-state index in [0.717, 1.165) is 29.2 Å². The molecule has 1 aromatic heterocycles. The second-order valence-corrected chi connectivity index (χ2v) is 6.87. The van der Waals surface area contributed by atoms with Crippen molar-refractivity contribution in [3.63, 3.8) is 0 Å². The number of carbonyl (C=O) groups excluding carboxylic acids is 1. The summed E-state index contributed by atoms with van der Waals surface area (Å²) in [6.45, 7) is 4.08. The normalized spacial score (nSPS) is 12.5. The molecule has 0 radical (unpaired) electrons. The molecule has 1 aliphatic rings. The first-order valence-corrected chi connectivity index (χ1v) is 10.1. The standard InChI is InChI=1S/C23H24N4O4/c1-2-24-23(26-14-17-8-9-19-21(12-17)31-15-30-19)25-13-16-5-3-6-18(11-16)27-22(28)20-7-4-10-29-20/h3-12H,2,13-15H2,1H3,(H,27,28)(H2,24,25,26). The SMILES string of the molecule is CCNC(=NCc1cccc(NC(=O)c2ccco2)c1)NCc1ccc2c(c1)OCO2. The predicted octanol–water partition coefficient (Wildman–Crippen LogP) is 3.52. The topological polar surface area (TPSA) is 97.1 Å². The maximum absolute atomic E-state index is 12.2. The summed E-state index contributed by atoms with van der Waals surface area (Å²) in [6, 6.07) is 16.7. The number of furan rings is 1. The van der Waals surface area contributed by atoms with Crippen LogP contribution in [-0.4, -0.2) is 25.2 Å². The number of nitrogens with zero attached hydrogens (tertiary/aromatic N) is 1. The summed E-state index contributed by atoms with van der Waals surface area (Å²) in [5.74, 6) is 2.21. The molecule has 0 spiro atoms. The van der Waals surface area contributed by atoms with E-state index in [0.29, 0.717) is 24.7 Å². The zero-order chi connectivity index (χ0) is 21.5. The molecule has 0 atom stereocenters. The monoisotopic (exact) mass is 420 g/mol. The summed E-state index contributed by atoms with van der Waals surface area (Å²) in [5.41, 5.74) is 2.72. The molecule has 3 aromatic rings. The van der Waals surface area contributed by atoms with Crippen molar-refractivity contribution in [2.24, 2.45) is 4.99 Å². The maximum atomic E-state index is 12.2. The van der Waals surface area contributed by atoms with E-state index < -0.39 is 0 Å². The van der Waals surface area contributed by atoms with Crippen molar-refractivity contribution in [3.05, 3.63) is 77.7 Å². The Kier molecular flexibility index (Phi) is 6.37. The second kappa shape index (κ2) is 9.71. The van der Waals surface area contributed by atoms with Gasteiger partial charge < -0.3 is 29.8 Å². The zero-order valence-corrected chi connectivity index (χ0v) is 17.2. The number of fused-ring (bicyclic) bond motifs is 1. The number of anilines is 1. The highest BCUT2D eigenvalue weighted by molar-refractivity contribution is 6.02. The Hall–Kier alpha value is -3.94. The van der Waals surface area contributed by atoms with Crippen molar-refractivity contribution in [1.29, 1.82) is 0 Å². The summed E-state index contributed by atoms with van der Waals surface area (Å²) in [5, 5.41) is 9.40. The second-order valence-electron chi connectivity index (χ2n) is 6.87. The van der Waals surface area contributed by atoms with Crippen LogP contribution in [0.2, 0.25) is 0 Å². The maximum Gasteiger partial charge on any atom is 0.291 e. The van der Waals surface area contributed by atoms with Crippen LogP contribution in [0, 0.1) is 0 Å². The third-order valence-corrected chi connectivity index (χ3v) is 4.59. The molecule has 8 heteroatoms. The molecule has 1 aliphatic heterocycles. The number of rotatable bonds is 7. The molecule has 0 fully saturated rings. The average Bonchev–Trinajstić information content (AvgIpc) is 3.48. The van der Waals surface area contributed by atoms with E-state index >= 15 is 0 Å². The summed E-state index contributed by atoms with van der Waals surface area (Å²) >= 11 is 0. The number of aliphatic imine (C=N–C) groups is 1. The van der Waals surface area contributed by atoms with Crippen molar-refractivity contribution >= 4 is 17.6 Å². The Labute approximate surface area is 180 Å². The van der Waals surface area contributed by atoms with Gasteiger partial charge in [-0.2, -0.15) is 0 Å². The summed E-state index contributed by atoms with van der Waals surface area (Å²) in [6.07, 6.45) is 1.47. The predicted molar refractivity (Wildman–Crippen MR) is 117 cm³/mol. The lowest BCUT2D eigenvalue weighted by Crippen LogP contribution is -2.36. The third kappa shape index (κ3) is 5.36. The molecular formula is C23H24N4O4. The van der Waals surface area contributed by atoms with Gasteiger partial charge in [0.1, 0.15) is 0 Å². The minimum Gasteiger partial charge on any atom is -0.459 e. The number of amides is 1. The van der Waals surface area contributed by atoms with Crippen LogP contribution >= 0.6 is 0 Å². The van der Waals surface area contributed by atoms with Gasteiger partial charge in [-0.05, 0) is 54.4 Å². The Bertz CT molecular complexity index is 1060. The van der Waals surface area contributed by atoms with E-state index in [1.807, 2.05) is 49.4 Å². The number of carbonyl (C=O) groups is 1. The lowest BCUT2D eigenvalue weighted by molar-refractivity contribution is 0.0996. The van der Waals surface area contributed by atoms with Gasteiger partial charge >= 0.3 is 0 Å². The molecule has 2 heterocycles. The molecule has 4 rings (SSSR count). The van der Waals surface area contributed by atoms with Gasteiger partial charge in [-0.3, -0.25) is 4.79 Å². The smallest absolute Gasteiger partial charge is 0.291 e.